The molecule has 0 amide bonds. The van der Waals surface area contributed by atoms with Crippen LogP contribution in [0.4, 0.5) is 0 Å². The number of hydrogen-bond acceptors (Lipinski definition) is 5. The summed E-state index contributed by atoms with van der Waals surface area (Å²) in [6, 6.07) is 13.3. The summed E-state index contributed by atoms with van der Waals surface area (Å²) in [7, 11) is 3.18. The number of para-hydroxylation sites is 1. The molecule has 7 heteroatoms. The van der Waals surface area contributed by atoms with Crippen LogP contribution in [0.3, 0.4) is 0 Å². The Kier molecular flexibility index (Phi) is 5.87. The van der Waals surface area contributed by atoms with Crippen molar-refractivity contribution in [2.45, 2.75) is 12.5 Å². The summed E-state index contributed by atoms with van der Waals surface area (Å²) in [4.78, 5) is 13.1. The molecule has 0 radical (unpaired) electrons. The molecule has 6 nitrogen and oxygen atoms in total. The molecule has 1 aliphatic carbocycles. The van der Waals surface area contributed by atoms with E-state index in [-0.39, 0.29) is 28.8 Å². The molecule has 0 spiro atoms. The Morgan fingerprint density at radius 3 is 2.39 bits per heavy atom. The van der Waals surface area contributed by atoms with E-state index < -0.39 is 0 Å². The number of fused-ring (bicyclic) bond motifs is 2. The number of methoxy groups -OCH3 is 2. The fourth-order valence-corrected chi connectivity index (χ4v) is 4.17. The van der Waals surface area contributed by atoms with Crippen molar-refractivity contribution in [2.75, 3.05) is 27.4 Å². The molecule has 0 bridgehead atoms. The Morgan fingerprint density at radius 2 is 1.65 bits per heavy atom. The summed E-state index contributed by atoms with van der Waals surface area (Å²) < 4.78 is 24.2. The topological polar surface area (TPSA) is 57.9 Å². The van der Waals surface area contributed by atoms with Gasteiger partial charge >= 0.3 is 0 Å². The van der Waals surface area contributed by atoms with Crippen LogP contribution in [0.5, 0.6) is 23.0 Å². The molecular weight excluding hydrogens is 462 g/mol. The van der Waals surface area contributed by atoms with Crippen molar-refractivity contribution in [3.05, 3.63) is 66.0 Å². The van der Waals surface area contributed by atoms with E-state index in [1.165, 1.54) is 0 Å². The molecule has 0 saturated carbocycles. The molecular formula is C24H22BrNO5. The zero-order valence-corrected chi connectivity index (χ0v) is 18.8. The lowest BCUT2D eigenvalue weighted by Gasteiger charge is -2.20. The van der Waals surface area contributed by atoms with E-state index in [2.05, 4.69) is 0 Å². The summed E-state index contributed by atoms with van der Waals surface area (Å²) in [6.45, 7) is 1.10. The van der Waals surface area contributed by atoms with Gasteiger partial charge in [-0.3, -0.25) is 4.79 Å². The zero-order valence-electron chi connectivity index (χ0n) is 17.3. The quantitative estimate of drug-likeness (QED) is 0.503. The Bertz CT molecular complexity index is 1130. The minimum absolute atomic E-state index is 0. The molecule has 1 atom stereocenters. The second-order valence-electron chi connectivity index (χ2n) is 7.31. The lowest BCUT2D eigenvalue weighted by atomic mass is 10.0. The van der Waals surface area contributed by atoms with Gasteiger partial charge < -0.3 is 35.9 Å². The number of ketones is 1. The van der Waals surface area contributed by atoms with Gasteiger partial charge in [-0.15, -0.1) is 0 Å². The van der Waals surface area contributed by atoms with E-state index in [9.17, 15) is 4.79 Å². The highest BCUT2D eigenvalue weighted by Crippen LogP contribution is 2.40. The Hall–Kier alpha value is -3.06. The van der Waals surface area contributed by atoms with Crippen molar-refractivity contribution < 1.29 is 45.3 Å². The molecule has 3 aromatic rings. The highest BCUT2D eigenvalue weighted by atomic mass is 79.9. The Morgan fingerprint density at radius 1 is 0.935 bits per heavy atom. The van der Waals surface area contributed by atoms with Crippen molar-refractivity contribution in [1.29, 1.82) is 0 Å². The molecule has 5 rings (SSSR count). The van der Waals surface area contributed by atoms with Gasteiger partial charge in [0.05, 0.1) is 14.2 Å². The highest BCUT2D eigenvalue weighted by molar-refractivity contribution is 6.03. The van der Waals surface area contributed by atoms with Crippen molar-refractivity contribution in [1.82, 2.24) is 0 Å². The number of benzene rings is 2. The van der Waals surface area contributed by atoms with Crippen LogP contribution < -0.4 is 40.5 Å². The van der Waals surface area contributed by atoms with E-state index in [0.717, 1.165) is 28.2 Å². The van der Waals surface area contributed by atoms with Crippen LogP contribution in [-0.4, -0.2) is 33.2 Å². The first-order chi connectivity index (χ1) is 14.7. The number of carbonyl (C=O) groups is 1. The number of nitrogens with zero attached hydrogens (tertiary/aromatic N) is 1. The first-order valence-electron chi connectivity index (χ1n) is 9.88. The number of halogens is 1. The minimum Gasteiger partial charge on any atom is -1.00 e. The second kappa shape index (κ2) is 8.59. The fraction of sp³-hybridized carbons (Fsp3) is 0.250. The van der Waals surface area contributed by atoms with Gasteiger partial charge in [0.1, 0.15) is 13.2 Å². The number of pyridine rings is 1. The van der Waals surface area contributed by atoms with Crippen LogP contribution in [0.25, 0.3) is 11.1 Å². The van der Waals surface area contributed by atoms with Crippen LogP contribution in [0.1, 0.15) is 22.0 Å². The molecule has 1 unspecified atom stereocenters. The normalized spacial score (nSPS) is 16.3. The molecule has 0 saturated heterocycles. The number of rotatable bonds is 4. The Balaban J connectivity index is 0.00000231. The van der Waals surface area contributed by atoms with E-state index in [4.69, 9.17) is 18.9 Å². The summed E-state index contributed by atoms with van der Waals surface area (Å²) in [5.41, 5.74) is 3.66. The van der Waals surface area contributed by atoms with E-state index in [1.807, 2.05) is 53.4 Å². The van der Waals surface area contributed by atoms with E-state index in [0.29, 0.717) is 36.7 Å². The number of carbonyl (C=O) groups excluding carboxylic acids is 1. The third-order valence-corrected chi connectivity index (χ3v) is 5.68. The third kappa shape index (κ3) is 3.63. The zero-order chi connectivity index (χ0) is 20.7. The molecule has 0 N–H and O–H groups in total. The van der Waals surface area contributed by atoms with Crippen molar-refractivity contribution in [2.24, 2.45) is 0 Å². The smallest absolute Gasteiger partial charge is 0.231 e. The number of ether oxygens (including phenoxy) is 4. The monoisotopic (exact) mass is 483 g/mol. The summed E-state index contributed by atoms with van der Waals surface area (Å²) >= 11 is 0. The molecule has 2 aromatic carbocycles. The van der Waals surface area contributed by atoms with Crippen molar-refractivity contribution >= 4 is 5.78 Å². The molecule has 2 heterocycles. The molecule has 31 heavy (non-hydrogen) atoms. The predicted octanol–water partition coefficient (Wildman–Crippen LogP) is 0.414. The van der Waals surface area contributed by atoms with Crippen LogP contribution >= 0.6 is 0 Å². The number of aromatic nitrogens is 1. The largest absolute Gasteiger partial charge is 1.00 e. The Labute approximate surface area is 191 Å². The van der Waals surface area contributed by atoms with Gasteiger partial charge in [0.2, 0.25) is 11.8 Å². The summed E-state index contributed by atoms with van der Waals surface area (Å²) in [6.07, 6.45) is 4.51. The summed E-state index contributed by atoms with van der Waals surface area (Å²) in [5, 5.41) is 0. The van der Waals surface area contributed by atoms with Crippen LogP contribution in [0.2, 0.25) is 0 Å². The van der Waals surface area contributed by atoms with E-state index >= 15 is 0 Å². The SMILES string of the molecule is COc1cc2c(cc1OC)C(=O)C([n+]1ccc(-c3cccc4c3OCCO4)cc1)C2.[Br-]. The third-order valence-electron chi connectivity index (χ3n) is 5.68. The van der Waals surface area contributed by atoms with Gasteiger partial charge in [0.15, 0.2) is 35.4 Å². The molecule has 1 aliphatic heterocycles. The molecule has 160 valence electrons. The standard InChI is InChI=1S/C24H22NO5.BrH/c1-27-21-13-16-12-19(23(26)18(16)14-22(21)28-2)25-8-6-15(7-9-25)17-4-3-5-20-24(17)30-11-10-29-20;/h3-9,13-14,19H,10-12H2,1-2H3;1H/q+1;/p-1. The van der Waals surface area contributed by atoms with Gasteiger partial charge in [-0.25, -0.2) is 0 Å². The highest BCUT2D eigenvalue weighted by Gasteiger charge is 2.38. The van der Waals surface area contributed by atoms with Gasteiger partial charge in [-0.2, -0.15) is 4.57 Å². The first-order valence-corrected chi connectivity index (χ1v) is 9.88. The van der Waals surface area contributed by atoms with E-state index in [1.54, 1.807) is 20.3 Å². The number of Topliss-reactive ketones (excluding diaryl/α,β-unsaturated/α-hetero) is 1. The molecule has 1 aromatic heterocycles. The van der Waals surface area contributed by atoms with Crippen molar-refractivity contribution in [3.8, 4) is 34.1 Å². The van der Waals surface area contributed by atoms with Crippen LogP contribution in [-0.2, 0) is 6.42 Å². The molecule has 2 aliphatic rings. The lowest BCUT2D eigenvalue weighted by molar-refractivity contribution is -0.706. The average Bonchev–Trinajstić information content (AvgIpc) is 3.13. The minimum atomic E-state index is -0.282. The maximum Gasteiger partial charge on any atom is 0.231 e. The van der Waals surface area contributed by atoms with Crippen LogP contribution in [0.15, 0.2) is 54.9 Å². The predicted molar refractivity (Wildman–Crippen MR) is 110 cm³/mol. The van der Waals surface area contributed by atoms with Gasteiger partial charge in [0, 0.05) is 29.7 Å². The van der Waals surface area contributed by atoms with Gasteiger partial charge in [-0.05, 0) is 29.3 Å². The summed E-state index contributed by atoms with van der Waals surface area (Å²) in [5.74, 6) is 2.82. The van der Waals surface area contributed by atoms with Crippen molar-refractivity contribution in [3.63, 3.8) is 0 Å². The number of hydrogen-bond donors (Lipinski definition) is 0. The van der Waals surface area contributed by atoms with Gasteiger partial charge in [0.25, 0.3) is 0 Å². The average molecular weight is 484 g/mol. The van der Waals surface area contributed by atoms with Gasteiger partial charge in [-0.1, -0.05) is 12.1 Å². The lowest BCUT2D eigenvalue weighted by Crippen LogP contribution is -3.00. The second-order valence-corrected chi connectivity index (χ2v) is 7.31. The maximum absolute atomic E-state index is 13.1. The maximum atomic E-state index is 13.1. The fourth-order valence-electron chi connectivity index (χ4n) is 4.17. The van der Waals surface area contributed by atoms with Crippen LogP contribution in [0, 0.1) is 0 Å². The first kappa shape index (κ1) is 21.2. The molecule has 0 fully saturated rings.